The van der Waals surface area contributed by atoms with Crippen LogP contribution in [0.1, 0.15) is 52.3 Å². The third kappa shape index (κ3) is 6.27. The fourth-order valence-electron chi connectivity index (χ4n) is 2.80. The van der Waals surface area contributed by atoms with E-state index in [2.05, 4.69) is 49.3 Å². The number of hydrogen-bond acceptors (Lipinski definition) is 3. The van der Waals surface area contributed by atoms with Gasteiger partial charge in [0.25, 0.3) is 0 Å². The van der Waals surface area contributed by atoms with Crippen LogP contribution in [0, 0.1) is 5.92 Å². The van der Waals surface area contributed by atoms with Crippen molar-refractivity contribution in [3.05, 3.63) is 24.2 Å². The minimum absolute atomic E-state index is 0. The highest BCUT2D eigenvalue weighted by molar-refractivity contribution is 14.0. The van der Waals surface area contributed by atoms with Crippen LogP contribution in [0.15, 0.2) is 27.8 Å². The molecule has 0 spiro atoms. The maximum Gasteiger partial charge on any atom is 0.191 e. The van der Waals surface area contributed by atoms with Crippen molar-refractivity contribution in [2.75, 3.05) is 26.2 Å². The van der Waals surface area contributed by atoms with Gasteiger partial charge in [-0.15, -0.1) is 24.0 Å². The highest BCUT2D eigenvalue weighted by Crippen LogP contribution is 2.25. The highest BCUT2D eigenvalue weighted by Gasteiger charge is 2.25. The first kappa shape index (κ1) is 21.3. The van der Waals surface area contributed by atoms with Gasteiger partial charge in [-0.3, -0.25) is 9.89 Å². The second-order valence-corrected chi connectivity index (χ2v) is 6.67. The van der Waals surface area contributed by atoms with Gasteiger partial charge in [-0.2, -0.15) is 0 Å². The fourth-order valence-corrected chi connectivity index (χ4v) is 2.80. The highest BCUT2D eigenvalue weighted by atomic mass is 127. The maximum atomic E-state index is 5.67. The third-order valence-electron chi connectivity index (χ3n) is 4.58. The lowest BCUT2D eigenvalue weighted by Crippen LogP contribution is -2.44. The molecule has 1 aromatic heterocycles. The molecule has 0 aliphatic carbocycles. The molecule has 0 bridgehead atoms. The van der Waals surface area contributed by atoms with E-state index >= 15 is 0 Å². The van der Waals surface area contributed by atoms with Crippen LogP contribution in [0.25, 0.3) is 0 Å². The predicted octanol–water partition coefficient (Wildman–Crippen LogP) is 3.63. The molecule has 0 aromatic carbocycles. The molecule has 2 N–H and O–H groups in total. The standard InChI is InChI=1S/C18H32N4O.HI/c1-5-19-18(21-15(4)14(2)3)20-13-16(17-9-8-12-23-17)22-10-6-7-11-22;/h8-9,12,14-16H,5-7,10-11,13H2,1-4H3,(H2,19,20,21);1H. The Morgan fingerprint density at radius 1 is 1.29 bits per heavy atom. The van der Waals surface area contributed by atoms with Gasteiger partial charge in [0.05, 0.1) is 18.8 Å². The summed E-state index contributed by atoms with van der Waals surface area (Å²) in [6.45, 7) is 12.6. The Morgan fingerprint density at radius 2 is 2.00 bits per heavy atom. The lowest BCUT2D eigenvalue weighted by molar-refractivity contribution is 0.221. The lowest BCUT2D eigenvalue weighted by atomic mass is 10.1. The van der Waals surface area contributed by atoms with Crippen molar-refractivity contribution in [3.8, 4) is 0 Å². The Morgan fingerprint density at radius 3 is 2.54 bits per heavy atom. The van der Waals surface area contributed by atoms with Gasteiger partial charge in [0, 0.05) is 12.6 Å². The van der Waals surface area contributed by atoms with E-state index in [1.54, 1.807) is 6.26 Å². The molecular weight excluding hydrogens is 415 g/mol. The minimum Gasteiger partial charge on any atom is -0.468 e. The third-order valence-corrected chi connectivity index (χ3v) is 4.58. The van der Waals surface area contributed by atoms with Gasteiger partial charge < -0.3 is 15.1 Å². The molecule has 5 nitrogen and oxygen atoms in total. The number of nitrogens with one attached hydrogen (secondary N) is 2. The van der Waals surface area contributed by atoms with Crippen molar-refractivity contribution in [2.45, 2.75) is 52.6 Å². The number of halogens is 1. The van der Waals surface area contributed by atoms with Crippen LogP contribution in [0.3, 0.4) is 0 Å². The van der Waals surface area contributed by atoms with Crippen molar-refractivity contribution in [1.82, 2.24) is 15.5 Å². The Labute approximate surface area is 163 Å². The van der Waals surface area contributed by atoms with Crippen LogP contribution in [0.2, 0.25) is 0 Å². The Hall–Kier alpha value is -0.760. The molecule has 0 amide bonds. The summed E-state index contributed by atoms with van der Waals surface area (Å²) in [7, 11) is 0. The van der Waals surface area contributed by atoms with Crippen molar-refractivity contribution in [3.63, 3.8) is 0 Å². The zero-order chi connectivity index (χ0) is 16.7. The van der Waals surface area contributed by atoms with E-state index in [0.29, 0.717) is 18.5 Å². The van der Waals surface area contributed by atoms with E-state index in [9.17, 15) is 0 Å². The first-order chi connectivity index (χ1) is 11.1. The smallest absolute Gasteiger partial charge is 0.191 e. The largest absolute Gasteiger partial charge is 0.468 e. The van der Waals surface area contributed by atoms with Gasteiger partial charge in [0.15, 0.2) is 5.96 Å². The van der Waals surface area contributed by atoms with E-state index in [4.69, 9.17) is 9.41 Å². The fraction of sp³-hybridized carbons (Fsp3) is 0.722. The molecule has 24 heavy (non-hydrogen) atoms. The van der Waals surface area contributed by atoms with Gasteiger partial charge >= 0.3 is 0 Å². The molecule has 2 unspecified atom stereocenters. The van der Waals surface area contributed by atoms with Crippen molar-refractivity contribution < 1.29 is 4.42 Å². The zero-order valence-corrected chi connectivity index (χ0v) is 17.7. The van der Waals surface area contributed by atoms with Gasteiger partial charge in [0.2, 0.25) is 0 Å². The van der Waals surface area contributed by atoms with E-state index in [0.717, 1.165) is 31.4 Å². The SMILES string of the molecule is CCNC(=NCC(c1ccco1)N1CCCC1)NC(C)C(C)C.I. The van der Waals surface area contributed by atoms with E-state index in [-0.39, 0.29) is 30.0 Å². The van der Waals surface area contributed by atoms with Crippen molar-refractivity contribution >= 4 is 29.9 Å². The summed E-state index contributed by atoms with van der Waals surface area (Å²) in [5, 5.41) is 6.85. The van der Waals surface area contributed by atoms with Crippen LogP contribution in [-0.2, 0) is 0 Å². The normalized spacial score (nSPS) is 18.3. The first-order valence-corrected chi connectivity index (χ1v) is 8.94. The molecule has 1 aliphatic rings. The molecule has 2 atom stereocenters. The second-order valence-electron chi connectivity index (χ2n) is 6.67. The molecule has 138 valence electrons. The summed E-state index contributed by atoms with van der Waals surface area (Å²) in [6, 6.07) is 4.65. The summed E-state index contributed by atoms with van der Waals surface area (Å²) in [4.78, 5) is 7.31. The molecule has 2 rings (SSSR count). The Bertz CT molecular complexity index is 469. The molecule has 0 saturated carbocycles. The molecule has 1 aliphatic heterocycles. The van der Waals surface area contributed by atoms with Gasteiger partial charge in [-0.05, 0) is 57.8 Å². The molecule has 0 radical (unpaired) electrons. The number of rotatable bonds is 7. The summed E-state index contributed by atoms with van der Waals surface area (Å²) >= 11 is 0. The zero-order valence-electron chi connectivity index (χ0n) is 15.4. The number of guanidine groups is 1. The first-order valence-electron chi connectivity index (χ1n) is 8.94. The van der Waals surface area contributed by atoms with Crippen LogP contribution in [0.5, 0.6) is 0 Å². The molecule has 6 heteroatoms. The molecule has 1 fully saturated rings. The summed E-state index contributed by atoms with van der Waals surface area (Å²) < 4.78 is 5.67. The number of hydrogen-bond donors (Lipinski definition) is 2. The minimum atomic E-state index is 0. The average Bonchev–Trinajstić information content (AvgIpc) is 3.21. The predicted molar refractivity (Wildman–Crippen MR) is 111 cm³/mol. The van der Waals surface area contributed by atoms with Gasteiger partial charge in [0.1, 0.15) is 5.76 Å². The molecule has 2 heterocycles. The van der Waals surface area contributed by atoms with Gasteiger partial charge in [-0.25, -0.2) is 0 Å². The number of furan rings is 1. The van der Waals surface area contributed by atoms with E-state index in [1.165, 1.54) is 12.8 Å². The molecular formula is C18H33IN4O. The lowest BCUT2D eigenvalue weighted by Gasteiger charge is -2.25. The molecule has 1 aromatic rings. The Balaban J connectivity index is 0.00000288. The van der Waals surface area contributed by atoms with Crippen LogP contribution >= 0.6 is 24.0 Å². The quantitative estimate of drug-likeness (QED) is 0.380. The number of aliphatic imine (C=N–C) groups is 1. The number of likely N-dealkylation sites (tertiary alicyclic amines) is 1. The van der Waals surface area contributed by atoms with Crippen LogP contribution in [0.4, 0.5) is 0 Å². The number of nitrogens with zero attached hydrogens (tertiary/aromatic N) is 2. The van der Waals surface area contributed by atoms with Crippen molar-refractivity contribution in [2.24, 2.45) is 10.9 Å². The second kappa shape index (κ2) is 11.0. The van der Waals surface area contributed by atoms with Gasteiger partial charge in [-0.1, -0.05) is 13.8 Å². The molecule has 1 saturated heterocycles. The maximum absolute atomic E-state index is 5.67. The Kier molecular flexibility index (Phi) is 9.73. The topological polar surface area (TPSA) is 52.8 Å². The summed E-state index contributed by atoms with van der Waals surface area (Å²) in [5.41, 5.74) is 0. The summed E-state index contributed by atoms with van der Waals surface area (Å²) in [6.07, 6.45) is 4.29. The summed E-state index contributed by atoms with van der Waals surface area (Å²) in [5.74, 6) is 2.48. The van der Waals surface area contributed by atoms with Crippen LogP contribution in [-0.4, -0.2) is 43.1 Å². The monoisotopic (exact) mass is 448 g/mol. The van der Waals surface area contributed by atoms with E-state index < -0.39 is 0 Å². The van der Waals surface area contributed by atoms with Crippen LogP contribution < -0.4 is 10.6 Å². The van der Waals surface area contributed by atoms with E-state index in [1.807, 2.05) is 6.07 Å². The van der Waals surface area contributed by atoms with Crippen molar-refractivity contribution in [1.29, 1.82) is 0 Å². The average molecular weight is 448 g/mol.